The van der Waals surface area contributed by atoms with E-state index in [1.165, 1.54) is 11.6 Å². The van der Waals surface area contributed by atoms with Crippen LogP contribution in [0, 0.1) is 0 Å². The minimum Gasteiger partial charge on any atom is -0.489 e. The molecule has 10 heteroatoms. The van der Waals surface area contributed by atoms with Crippen molar-refractivity contribution in [1.29, 1.82) is 0 Å². The van der Waals surface area contributed by atoms with Gasteiger partial charge in [-0.2, -0.15) is 4.98 Å². The molecule has 2 aromatic heterocycles. The number of fused-ring (bicyclic) bond motifs is 1. The third-order valence-electron chi connectivity index (χ3n) is 5.04. The van der Waals surface area contributed by atoms with Gasteiger partial charge in [-0.3, -0.25) is 13.9 Å². The fraction of sp³-hybridized carbons (Fsp3) is 0.450. The second-order valence-corrected chi connectivity index (χ2v) is 7.38. The van der Waals surface area contributed by atoms with E-state index in [0.29, 0.717) is 29.8 Å². The van der Waals surface area contributed by atoms with Crippen molar-refractivity contribution in [1.82, 2.24) is 18.7 Å². The molecule has 1 atom stereocenters. The molecule has 0 aliphatic heterocycles. The highest BCUT2D eigenvalue weighted by Gasteiger charge is 2.23. The summed E-state index contributed by atoms with van der Waals surface area (Å²) in [5.74, 6) is 0.987. The number of hydrogen-bond donors (Lipinski definition) is 1. The summed E-state index contributed by atoms with van der Waals surface area (Å²) < 4.78 is 9.68. The monoisotopic (exact) mass is 435 g/mol. The third kappa shape index (κ3) is 3.95. The van der Waals surface area contributed by atoms with E-state index in [0.717, 1.165) is 4.57 Å². The Hall–Kier alpha value is -2.78. The number of para-hydroxylation sites is 1. The molecule has 1 aromatic carbocycles. The first-order valence-electron chi connectivity index (χ1n) is 9.76. The van der Waals surface area contributed by atoms with Gasteiger partial charge in [-0.1, -0.05) is 23.7 Å². The summed E-state index contributed by atoms with van der Waals surface area (Å²) in [6.07, 6.45) is -0.935. The summed E-state index contributed by atoms with van der Waals surface area (Å²) >= 11 is 6.10. The molecule has 162 valence electrons. The highest BCUT2D eigenvalue weighted by atomic mass is 35.5. The molecule has 0 radical (unpaired) electrons. The summed E-state index contributed by atoms with van der Waals surface area (Å²) in [6, 6.07) is 7.00. The van der Waals surface area contributed by atoms with Crippen LogP contribution in [0.1, 0.15) is 13.8 Å². The Morgan fingerprint density at radius 1 is 1.17 bits per heavy atom. The Kier molecular flexibility index (Phi) is 6.52. The highest BCUT2D eigenvalue weighted by Crippen LogP contribution is 2.24. The number of hydrogen-bond acceptors (Lipinski definition) is 6. The molecule has 0 saturated carbocycles. The first-order valence-corrected chi connectivity index (χ1v) is 10.1. The van der Waals surface area contributed by atoms with E-state index in [-0.39, 0.29) is 24.3 Å². The molecular formula is C20H26ClN5O4. The number of rotatable bonds is 8. The lowest BCUT2D eigenvalue weighted by Gasteiger charge is -2.22. The van der Waals surface area contributed by atoms with Gasteiger partial charge < -0.3 is 19.3 Å². The predicted molar refractivity (Wildman–Crippen MR) is 117 cm³/mol. The number of ether oxygens (including phenoxy) is 1. The average Bonchev–Trinajstić information content (AvgIpc) is 3.10. The predicted octanol–water partition coefficient (Wildman–Crippen LogP) is 1.37. The van der Waals surface area contributed by atoms with Gasteiger partial charge in [0, 0.05) is 27.2 Å². The van der Waals surface area contributed by atoms with E-state index in [1.54, 1.807) is 35.9 Å². The zero-order valence-electron chi connectivity index (χ0n) is 17.5. The molecule has 0 aliphatic rings. The number of aliphatic hydroxyl groups excluding tert-OH is 1. The molecule has 0 fully saturated rings. The fourth-order valence-electron chi connectivity index (χ4n) is 3.37. The van der Waals surface area contributed by atoms with Crippen molar-refractivity contribution in [3.8, 4) is 5.75 Å². The van der Waals surface area contributed by atoms with Crippen molar-refractivity contribution in [3.63, 3.8) is 0 Å². The van der Waals surface area contributed by atoms with E-state index >= 15 is 0 Å². The van der Waals surface area contributed by atoms with E-state index < -0.39 is 17.4 Å². The lowest BCUT2D eigenvalue weighted by molar-refractivity contribution is 0.0937. The Morgan fingerprint density at radius 2 is 1.83 bits per heavy atom. The maximum atomic E-state index is 12.9. The van der Waals surface area contributed by atoms with E-state index in [4.69, 9.17) is 16.3 Å². The first kappa shape index (κ1) is 21.9. The lowest BCUT2D eigenvalue weighted by atomic mass is 10.3. The minimum absolute atomic E-state index is 0.0207. The number of aliphatic hydroxyl groups is 1. The van der Waals surface area contributed by atoms with Gasteiger partial charge in [0.1, 0.15) is 18.5 Å². The topological polar surface area (TPSA) is 94.5 Å². The zero-order valence-corrected chi connectivity index (χ0v) is 18.3. The van der Waals surface area contributed by atoms with Crippen molar-refractivity contribution in [2.75, 3.05) is 24.6 Å². The number of imidazole rings is 1. The quantitative estimate of drug-likeness (QED) is 0.574. The Bertz CT molecular complexity index is 1160. The molecule has 2 heterocycles. The SMILES string of the molecule is CCN(CC)c1nc2c(c(=O)n(C)c(=O)n2C)n1C[C@H](O)COc1ccccc1Cl. The molecular weight excluding hydrogens is 410 g/mol. The molecule has 3 rings (SSSR count). The van der Waals surface area contributed by atoms with Crippen LogP contribution in [-0.4, -0.2) is 49.6 Å². The summed E-state index contributed by atoms with van der Waals surface area (Å²) in [7, 11) is 3.00. The van der Waals surface area contributed by atoms with Crippen LogP contribution < -0.4 is 20.9 Å². The molecule has 0 saturated heterocycles. The molecule has 1 N–H and O–H groups in total. The van der Waals surface area contributed by atoms with Crippen LogP contribution in [-0.2, 0) is 20.6 Å². The van der Waals surface area contributed by atoms with Crippen molar-refractivity contribution in [3.05, 3.63) is 50.1 Å². The smallest absolute Gasteiger partial charge is 0.332 e. The van der Waals surface area contributed by atoms with Crippen LogP contribution in [0.3, 0.4) is 0 Å². The molecule has 0 aliphatic carbocycles. The lowest BCUT2D eigenvalue weighted by Crippen LogP contribution is -2.38. The van der Waals surface area contributed by atoms with Gasteiger partial charge in [-0.25, -0.2) is 4.79 Å². The summed E-state index contributed by atoms with van der Waals surface area (Å²) in [5.41, 5.74) is -0.369. The second kappa shape index (κ2) is 8.93. The van der Waals surface area contributed by atoms with Gasteiger partial charge in [-0.05, 0) is 26.0 Å². The highest BCUT2D eigenvalue weighted by molar-refractivity contribution is 6.32. The molecule has 9 nitrogen and oxygen atoms in total. The average molecular weight is 436 g/mol. The van der Waals surface area contributed by atoms with Crippen LogP contribution in [0.2, 0.25) is 5.02 Å². The van der Waals surface area contributed by atoms with Gasteiger partial charge in [0.25, 0.3) is 5.56 Å². The summed E-state index contributed by atoms with van der Waals surface area (Å²) in [5, 5.41) is 11.1. The van der Waals surface area contributed by atoms with E-state index in [2.05, 4.69) is 4.98 Å². The normalized spacial score (nSPS) is 12.3. The maximum Gasteiger partial charge on any atom is 0.332 e. The van der Waals surface area contributed by atoms with E-state index in [1.807, 2.05) is 18.7 Å². The molecule has 0 bridgehead atoms. The standard InChI is InChI=1S/C20H26ClN5O4/c1-5-25(6-2)19-22-17-16(18(28)24(4)20(29)23(17)3)26(19)11-13(27)12-30-15-10-8-7-9-14(15)21/h7-10,13,27H,5-6,11-12H2,1-4H3/t13-/m0/s1. The van der Waals surface area contributed by atoms with Gasteiger partial charge in [0.05, 0.1) is 11.6 Å². The number of halogens is 1. The van der Waals surface area contributed by atoms with Gasteiger partial charge in [0.15, 0.2) is 11.2 Å². The van der Waals surface area contributed by atoms with E-state index in [9.17, 15) is 14.7 Å². The van der Waals surface area contributed by atoms with Crippen molar-refractivity contribution in [2.45, 2.75) is 26.5 Å². The van der Waals surface area contributed by atoms with Crippen molar-refractivity contribution < 1.29 is 9.84 Å². The van der Waals surface area contributed by atoms with Crippen LogP contribution >= 0.6 is 11.6 Å². The molecule has 0 unspecified atom stereocenters. The van der Waals surface area contributed by atoms with Gasteiger partial charge in [-0.15, -0.1) is 0 Å². The molecule has 30 heavy (non-hydrogen) atoms. The molecule has 3 aromatic rings. The summed E-state index contributed by atoms with van der Waals surface area (Å²) in [6.45, 7) is 5.30. The first-order chi connectivity index (χ1) is 14.3. The van der Waals surface area contributed by atoms with Crippen LogP contribution in [0.25, 0.3) is 11.2 Å². The Morgan fingerprint density at radius 3 is 2.47 bits per heavy atom. The summed E-state index contributed by atoms with van der Waals surface area (Å²) in [4.78, 5) is 31.7. The number of aryl methyl sites for hydroxylation is 1. The van der Waals surface area contributed by atoms with Crippen molar-refractivity contribution >= 4 is 28.7 Å². The van der Waals surface area contributed by atoms with Crippen LogP contribution in [0.5, 0.6) is 5.75 Å². The minimum atomic E-state index is -0.935. The van der Waals surface area contributed by atoms with Gasteiger partial charge in [0.2, 0.25) is 5.95 Å². The Labute approximate surface area is 178 Å². The number of anilines is 1. The van der Waals surface area contributed by atoms with Gasteiger partial charge >= 0.3 is 5.69 Å². The second-order valence-electron chi connectivity index (χ2n) is 6.97. The zero-order chi connectivity index (χ0) is 22.0. The fourth-order valence-corrected chi connectivity index (χ4v) is 3.56. The van der Waals surface area contributed by atoms with Crippen LogP contribution in [0.15, 0.2) is 33.9 Å². The van der Waals surface area contributed by atoms with Crippen molar-refractivity contribution in [2.24, 2.45) is 14.1 Å². The largest absolute Gasteiger partial charge is 0.489 e. The number of benzene rings is 1. The molecule has 0 spiro atoms. The number of aromatic nitrogens is 4. The molecule has 0 amide bonds. The Balaban J connectivity index is 2.02. The number of nitrogens with zero attached hydrogens (tertiary/aromatic N) is 5. The van der Waals surface area contributed by atoms with Crippen LogP contribution in [0.4, 0.5) is 5.95 Å². The third-order valence-corrected chi connectivity index (χ3v) is 5.35. The maximum absolute atomic E-state index is 12.9.